The quantitative estimate of drug-likeness (QED) is 0.668. The molecule has 0 fully saturated rings. The van der Waals surface area contributed by atoms with Gasteiger partial charge in [0.1, 0.15) is 0 Å². The molecule has 1 unspecified atom stereocenters. The third kappa shape index (κ3) is 3.96. The Morgan fingerprint density at radius 1 is 1.53 bits per heavy atom. The van der Waals surface area contributed by atoms with Gasteiger partial charge in [-0.1, -0.05) is 20.8 Å². The van der Waals surface area contributed by atoms with Crippen molar-refractivity contribution >= 4 is 27.4 Å². The SMILES string of the molecule is CC(C)C(C)CNc1ncc(Br)cc1[N+](=O)[O-]. The molecule has 0 amide bonds. The first-order valence-electron chi connectivity index (χ1n) is 5.45. The van der Waals surface area contributed by atoms with Crippen LogP contribution in [0.25, 0.3) is 0 Å². The first-order valence-corrected chi connectivity index (χ1v) is 6.25. The normalized spacial score (nSPS) is 12.5. The average molecular weight is 302 g/mol. The minimum absolute atomic E-state index is 0.00432. The molecule has 1 heterocycles. The summed E-state index contributed by atoms with van der Waals surface area (Å²) in [6.07, 6.45) is 1.55. The van der Waals surface area contributed by atoms with Crippen molar-refractivity contribution in [2.45, 2.75) is 20.8 Å². The largest absolute Gasteiger partial charge is 0.364 e. The van der Waals surface area contributed by atoms with Gasteiger partial charge in [0.15, 0.2) is 0 Å². The Bertz CT molecular complexity index is 410. The molecule has 0 aliphatic heterocycles. The van der Waals surface area contributed by atoms with E-state index < -0.39 is 4.92 Å². The fraction of sp³-hybridized carbons (Fsp3) is 0.545. The summed E-state index contributed by atoms with van der Waals surface area (Å²) in [4.78, 5) is 14.5. The van der Waals surface area contributed by atoms with Gasteiger partial charge in [-0.2, -0.15) is 0 Å². The van der Waals surface area contributed by atoms with Crippen LogP contribution in [0.4, 0.5) is 11.5 Å². The van der Waals surface area contributed by atoms with Crippen molar-refractivity contribution < 1.29 is 4.92 Å². The maximum Gasteiger partial charge on any atom is 0.312 e. The van der Waals surface area contributed by atoms with Crippen LogP contribution in [-0.2, 0) is 0 Å². The Labute approximate surface area is 109 Å². The summed E-state index contributed by atoms with van der Waals surface area (Å²) in [6, 6.07) is 1.45. The van der Waals surface area contributed by atoms with Crippen LogP contribution < -0.4 is 5.32 Å². The van der Waals surface area contributed by atoms with Crippen LogP contribution in [-0.4, -0.2) is 16.5 Å². The maximum atomic E-state index is 10.9. The monoisotopic (exact) mass is 301 g/mol. The van der Waals surface area contributed by atoms with Crippen molar-refractivity contribution in [3.05, 3.63) is 26.9 Å². The molecule has 1 atom stereocenters. The van der Waals surface area contributed by atoms with Gasteiger partial charge < -0.3 is 5.32 Å². The number of nitro groups is 1. The highest BCUT2D eigenvalue weighted by Crippen LogP contribution is 2.25. The number of nitrogens with one attached hydrogen (secondary N) is 1. The van der Waals surface area contributed by atoms with Crippen molar-refractivity contribution in [2.24, 2.45) is 11.8 Å². The predicted molar refractivity (Wildman–Crippen MR) is 71.1 cm³/mol. The lowest BCUT2D eigenvalue weighted by atomic mass is 9.98. The van der Waals surface area contributed by atoms with Crippen molar-refractivity contribution in [2.75, 3.05) is 11.9 Å². The number of hydrogen-bond donors (Lipinski definition) is 1. The molecule has 1 N–H and O–H groups in total. The number of aromatic nitrogens is 1. The topological polar surface area (TPSA) is 68.1 Å². The van der Waals surface area contributed by atoms with Gasteiger partial charge in [-0.15, -0.1) is 0 Å². The molecule has 1 rings (SSSR count). The first kappa shape index (κ1) is 13.9. The van der Waals surface area contributed by atoms with Gasteiger partial charge in [0, 0.05) is 23.3 Å². The van der Waals surface area contributed by atoms with Crippen molar-refractivity contribution in [3.8, 4) is 0 Å². The first-order chi connectivity index (χ1) is 7.91. The molecule has 0 radical (unpaired) electrons. The summed E-state index contributed by atoms with van der Waals surface area (Å²) < 4.78 is 0.603. The minimum atomic E-state index is -0.430. The van der Waals surface area contributed by atoms with E-state index in [1.165, 1.54) is 6.07 Å². The van der Waals surface area contributed by atoms with Crippen LogP contribution >= 0.6 is 15.9 Å². The Morgan fingerprint density at radius 3 is 2.71 bits per heavy atom. The molecule has 0 saturated carbocycles. The molecule has 0 saturated heterocycles. The lowest BCUT2D eigenvalue weighted by Gasteiger charge is -2.16. The number of pyridine rings is 1. The van der Waals surface area contributed by atoms with Gasteiger partial charge in [0.05, 0.1) is 4.92 Å². The van der Waals surface area contributed by atoms with E-state index in [0.717, 1.165) is 0 Å². The summed E-state index contributed by atoms with van der Waals surface area (Å²) in [5.41, 5.74) is -0.00432. The van der Waals surface area contributed by atoms with Crippen LogP contribution in [0.2, 0.25) is 0 Å². The van der Waals surface area contributed by atoms with E-state index in [4.69, 9.17) is 0 Å². The van der Waals surface area contributed by atoms with Gasteiger partial charge >= 0.3 is 5.69 Å². The average Bonchev–Trinajstić information content (AvgIpc) is 2.26. The zero-order chi connectivity index (χ0) is 13.0. The molecule has 0 aliphatic carbocycles. The van der Waals surface area contributed by atoms with E-state index in [1.54, 1.807) is 6.20 Å². The number of nitrogens with zero attached hydrogens (tertiary/aromatic N) is 2. The maximum absolute atomic E-state index is 10.9. The third-order valence-corrected chi connectivity index (χ3v) is 3.19. The van der Waals surface area contributed by atoms with Crippen molar-refractivity contribution in [3.63, 3.8) is 0 Å². The minimum Gasteiger partial charge on any atom is -0.364 e. The van der Waals surface area contributed by atoms with Crippen LogP contribution in [0, 0.1) is 22.0 Å². The molecular weight excluding hydrogens is 286 g/mol. The van der Waals surface area contributed by atoms with Crippen molar-refractivity contribution in [1.82, 2.24) is 4.98 Å². The van der Waals surface area contributed by atoms with Crippen LogP contribution in [0.1, 0.15) is 20.8 Å². The molecule has 17 heavy (non-hydrogen) atoms. The van der Waals surface area contributed by atoms with Gasteiger partial charge in [-0.25, -0.2) is 4.98 Å². The fourth-order valence-corrected chi connectivity index (χ4v) is 1.52. The van der Waals surface area contributed by atoms with Gasteiger partial charge in [-0.3, -0.25) is 10.1 Å². The van der Waals surface area contributed by atoms with Crippen molar-refractivity contribution in [1.29, 1.82) is 0 Å². The smallest absolute Gasteiger partial charge is 0.312 e. The summed E-state index contributed by atoms with van der Waals surface area (Å²) in [6.45, 7) is 7.01. The summed E-state index contributed by atoms with van der Waals surface area (Å²) in [5.74, 6) is 1.28. The highest BCUT2D eigenvalue weighted by atomic mass is 79.9. The van der Waals surface area contributed by atoms with E-state index in [1.807, 2.05) is 0 Å². The molecule has 0 aliphatic rings. The molecule has 0 aromatic carbocycles. The third-order valence-electron chi connectivity index (χ3n) is 2.76. The molecular formula is C11H16BrN3O2. The van der Waals surface area contributed by atoms with E-state index in [2.05, 4.69) is 47.0 Å². The predicted octanol–water partition coefficient (Wildman–Crippen LogP) is 3.46. The van der Waals surface area contributed by atoms with Gasteiger partial charge in [-0.05, 0) is 27.8 Å². The molecule has 0 bridgehead atoms. The lowest BCUT2D eigenvalue weighted by Crippen LogP contribution is -2.17. The Morgan fingerprint density at radius 2 is 2.18 bits per heavy atom. The highest BCUT2D eigenvalue weighted by molar-refractivity contribution is 9.10. The van der Waals surface area contributed by atoms with Gasteiger partial charge in [0.25, 0.3) is 0 Å². The number of hydrogen-bond acceptors (Lipinski definition) is 4. The van der Waals surface area contributed by atoms with Crippen LogP contribution in [0.5, 0.6) is 0 Å². The van der Waals surface area contributed by atoms with E-state index in [-0.39, 0.29) is 5.69 Å². The molecule has 1 aromatic rings. The van der Waals surface area contributed by atoms with E-state index in [0.29, 0.717) is 28.7 Å². The highest BCUT2D eigenvalue weighted by Gasteiger charge is 2.16. The zero-order valence-corrected chi connectivity index (χ0v) is 11.7. The Hall–Kier alpha value is -1.17. The Kier molecular flexibility index (Phi) is 4.86. The second-order valence-corrected chi connectivity index (χ2v) is 5.30. The molecule has 1 aromatic heterocycles. The van der Waals surface area contributed by atoms with Gasteiger partial charge in [0.2, 0.25) is 5.82 Å². The number of rotatable bonds is 5. The summed E-state index contributed by atoms with van der Waals surface area (Å²) in [5, 5.41) is 13.9. The standard InChI is InChI=1S/C11H16BrN3O2/c1-7(2)8(3)5-13-11-10(15(16)17)4-9(12)6-14-11/h4,6-8H,5H2,1-3H3,(H,13,14). The second-order valence-electron chi connectivity index (χ2n) is 4.38. The molecule has 5 nitrogen and oxygen atoms in total. The molecule has 6 heteroatoms. The summed E-state index contributed by atoms with van der Waals surface area (Å²) in [7, 11) is 0. The van der Waals surface area contributed by atoms with Crippen LogP contribution in [0.3, 0.4) is 0 Å². The Balaban J connectivity index is 2.80. The van der Waals surface area contributed by atoms with E-state index in [9.17, 15) is 10.1 Å². The fourth-order valence-electron chi connectivity index (χ4n) is 1.20. The lowest BCUT2D eigenvalue weighted by molar-refractivity contribution is -0.384. The zero-order valence-electron chi connectivity index (χ0n) is 10.1. The molecule has 94 valence electrons. The summed E-state index contributed by atoms with van der Waals surface area (Å²) >= 11 is 3.17. The second kappa shape index (κ2) is 5.95. The molecule has 0 spiro atoms. The van der Waals surface area contributed by atoms with E-state index >= 15 is 0 Å². The number of anilines is 1. The number of halogens is 1. The van der Waals surface area contributed by atoms with Crippen LogP contribution in [0.15, 0.2) is 16.7 Å².